The van der Waals surface area contributed by atoms with Crippen LogP contribution in [-0.4, -0.2) is 22.8 Å². The lowest BCUT2D eigenvalue weighted by Crippen LogP contribution is -2.26. The molecule has 0 aliphatic rings. The largest absolute Gasteiger partial charge is 0.495 e. The molecule has 0 radical (unpaired) electrons. The van der Waals surface area contributed by atoms with Gasteiger partial charge in [0.25, 0.3) is 5.56 Å². The standard InChI is InChI=1S/C13H13NO4/c1-7-5-4-6-8-10(7)14(2)12(15)9(13(16)17)11(8)18-3/h4-6H,1-3H3,(H,16,17). The van der Waals surface area contributed by atoms with E-state index in [1.807, 2.05) is 13.0 Å². The summed E-state index contributed by atoms with van der Waals surface area (Å²) < 4.78 is 6.46. The second-order valence-corrected chi connectivity index (χ2v) is 4.05. The molecular formula is C13H13NO4. The van der Waals surface area contributed by atoms with Gasteiger partial charge in [0.15, 0.2) is 5.56 Å². The van der Waals surface area contributed by atoms with Gasteiger partial charge in [-0.3, -0.25) is 4.79 Å². The van der Waals surface area contributed by atoms with E-state index < -0.39 is 11.5 Å². The maximum atomic E-state index is 12.1. The van der Waals surface area contributed by atoms with Gasteiger partial charge in [-0.15, -0.1) is 0 Å². The molecule has 5 nitrogen and oxygen atoms in total. The lowest BCUT2D eigenvalue weighted by atomic mass is 10.1. The summed E-state index contributed by atoms with van der Waals surface area (Å²) in [6.45, 7) is 1.86. The van der Waals surface area contributed by atoms with Crippen LogP contribution in [0.2, 0.25) is 0 Å². The predicted molar refractivity (Wildman–Crippen MR) is 67.4 cm³/mol. The number of fused-ring (bicyclic) bond motifs is 1. The van der Waals surface area contributed by atoms with E-state index in [1.165, 1.54) is 11.7 Å². The number of carboxylic acid groups (broad SMARTS) is 1. The minimum absolute atomic E-state index is 0.115. The van der Waals surface area contributed by atoms with Gasteiger partial charge in [-0.1, -0.05) is 12.1 Å². The normalized spacial score (nSPS) is 10.6. The van der Waals surface area contributed by atoms with Crippen molar-refractivity contribution in [3.63, 3.8) is 0 Å². The fourth-order valence-corrected chi connectivity index (χ4v) is 2.19. The number of rotatable bonds is 2. The maximum Gasteiger partial charge on any atom is 0.345 e. The van der Waals surface area contributed by atoms with Gasteiger partial charge in [0.1, 0.15) is 5.75 Å². The van der Waals surface area contributed by atoms with Crippen LogP contribution in [0.4, 0.5) is 0 Å². The summed E-state index contributed by atoms with van der Waals surface area (Å²) in [5.41, 5.74) is 0.672. The number of ether oxygens (including phenoxy) is 1. The smallest absolute Gasteiger partial charge is 0.345 e. The minimum atomic E-state index is -1.28. The lowest BCUT2D eigenvalue weighted by molar-refractivity contribution is 0.0691. The highest BCUT2D eigenvalue weighted by Gasteiger charge is 2.21. The van der Waals surface area contributed by atoms with Crippen molar-refractivity contribution in [3.8, 4) is 5.75 Å². The van der Waals surface area contributed by atoms with Crippen molar-refractivity contribution in [1.82, 2.24) is 4.57 Å². The van der Waals surface area contributed by atoms with E-state index in [1.54, 1.807) is 19.2 Å². The van der Waals surface area contributed by atoms with E-state index in [-0.39, 0.29) is 11.3 Å². The summed E-state index contributed by atoms with van der Waals surface area (Å²) in [6, 6.07) is 5.41. The van der Waals surface area contributed by atoms with Crippen LogP contribution in [0.1, 0.15) is 15.9 Å². The highest BCUT2D eigenvalue weighted by molar-refractivity contribution is 5.99. The molecule has 18 heavy (non-hydrogen) atoms. The van der Waals surface area contributed by atoms with Gasteiger partial charge < -0.3 is 14.4 Å². The van der Waals surface area contributed by atoms with Crippen molar-refractivity contribution in [3.05, 3.63) is 39.7 Å². The molecule has 1 heterocycles. The monoisotopic (exact) mass is 247 g/mol. The third kappa shape index (κ3) is 1.55. The van der Waals surface area contributed by atoms with Crippen LogP contribution in [0.25, 0.3) is 10.9 Å². The summed E-state index contributed by atoms with van der Waals surface area (Å²) in [5.74, 6) is -1.17. The van der Waals surface area contributed by atoms with E-state index in [0.29, 0.717) is 10.9 Å². The van der Waals surface area contributed by atoms with Crippen molar-refractivity contribution in [2.24, 2.45) is 7.05 Å². The van der Waals surface area contributed by atoms with Crippen LogP contribution in [0, 0.1) is 6.92 Å². The quantitative estimate of drug-likeness (QED) is 0.874. The number of pyridine rings is 1. The molecule has 0 aliphatic heterocycles. The number of methoxy groups -OCH3 is 1. The highest BCUT2D eigenvalue weighted by atomic mass is 16.5. The number of hydrogen-bond acceptors (Lipinski definition) is 3. The minimum Gasteiger partial charge on any atom is -0.495 e. The van der Waals surface area contributed by atoms with E-state index in [9.17, 15) is 9.59 Å². The molecule has 1 aromatic heterocycles. The van der Waals surface area contributed by atoms with Gasteiger partial charge in [-0.05, 0) is 18.6 Å². The topological polar surface area (TPSA) is 68.5 Å². The third-order valence-electron chi connectivity index (χ3n) is 2.98. The molecule has 0 atom stereocenters. The first-order chi connectivity index (χ1) is 8.49. The SMILES string of the molecule is COc1c(C(=O)O)c(=O)n(C)c2c(C)cccc12. The van der Waals surface area contributed by atoms with Crippen LogP contribution in [0.15, 0.2) is 23.0 Å². The zero-order valence-electron chi connectivity index (χ0n) is 10.4. The number of aromatic nitrogens is 1. The third-order valence-corrected chi connectivity index (χ3v) is 2.98. The molecule has 0 bridgehead atoms. The van der Waals surface area contributed by atoms with Crippen LogP contribution in [0.3, 0.4) is 0 Å². The molecule has 2 rings (SSSR count). The predicted octanol–water partition coefficient (Wildman–Crippen LogP) is 1.55. The Balaban J connectivity index is 3.12. The number of carbonyl (C=O) groups is 1. The van der Waals surface area contributed by atoms with Crippen LogP contribution in [-0.2, 0) is 7.05 Å². The summed E-state index contributed by atoms with van der Waals surface area (Å²) in [7, 11) is 2.92. The molecule has 0 spiro atoms. The Morgan fingerprint density at radius 3 is 2.61 bits per heavy atom. The molecule has 0 aliphatic carbocycles. The second-order valence-electron chi connectivity index (χ2n) is 4.05. The van der Waals surface area contributed by atoms with Gasteiger partial charge in [0.05, 0.1) is 12.6 Å². The number of para-hydroxylation sites is 1. The summed E-state index contributed by atoms with van der Waals surface area (Å²) in [4.78, 5) is 23.2. The number of carboxylic acids is 1. The first-order valence-electron chi connectivity index (χ1n) is 5.38. The Morgan fingerprint density at radius 1 is 1.39 bits per heavy atom. The molecular weight excluding hydrogens is 234 g/mol. The first-order valence-corrected chi connectivity index (χ1v) is 5.38. The Hall–Kier alpha value is -2.30. The molecule has 94 valence electrons. The summed E-state index contributed by atoms with van der Waals surface area (Å²) >= 11 is 0. The van der Waals surface area contributed by atoms with Crippen LogP contribution >= 0.6 is 0 Å². The molecule has 2 aromatic rings. The number of aromatic carboxylic acids is 1. The highest BCUT2D eigenvalue weighted by Crippen LogP contribution is 2.28. The lowest BCUT2D eigenvalue weighted by Gasteiger charge is -2.13. The van der Waals surface area contributed by atoms with E-state index >= 15 is 0 Å². The van der Waals surface area contributed by atoms with Gasteiger partial charge in [-0.2, -0.15) is 0 Å². The Kier molecular flexibility index (Phi) is 2.82. The fourth-order valence-electron chi connectivity index (χ4n) is 2.19. The van der Waals surface area contributed by atoms with Crippen molar-refractivity contribution in [2.45, 2.75) is 6.92 Å². The molecule has 1 N–H and O–H groups in total. The molecule has 0 fully saturated rings. The maximum absolute atomic E-state index is 12.1. The van der Waals surface area contributed by atoms with Gasteiger partial charge in [0, 0.05) is 12.4 Å². The molecule has 5 heteroatoms. The Morgan fingerprint density at radius 2 is 2.06 bits per heavy atom. The van der Waals surface area contributed by atoms with Gasteiger partial charge in [-0.25, -0.2) is 4.79 Å². The molecule has 0 amide bonds. The number of benzene rings is 1. The van der Waals surface area contributed by atoms with Gasteiger partial charge >= 0.3 is 5.97 Å². The average Bonchev–Trinajstić information content (AvgIpc) is 2.32. The molecule has 1 aromatic carbocycles. The van der Waals surface area contributed by atoms with E-state index in [0.717, 1.165) is 5.56 Å². The Bertz CT molecular complexity index is 700. The van der Waals surface area contributed by atoms with E-state index in [4.69, 9.17) is 9.84 Å². The first kappa shape index (κ1) is 12.2. The molecule has 0 saturated carbocycles. The number of nitrogens with zero attached hydrogens (tertiary/aromatic N) is 1. The van der Waals surface area contributed by atoms with E-state index in [2.05, 4.69) is 0 Å². The van der Waals surface area contributed by atoms with Crippen molar-refractivity contribution in [2.75, 3.05) is 7.11 Å². The number of hydrogen-bond donors (Lipinski definition) is 1. The second kappa shape index (κ2) is 4.18. The Labute approximate surface area is 103 Å². The van der Waals surface area contributed by atoms with Crippen molar-refractivity contribution in [1.29, 1.82) is 0 Å². The van der Waals surface area contributed by atoms with Gasteiger partial charge in [0.2, 0.25) is 0 Å². The van der Waals surface area contributed by atoms with Crippen LogP contribution in [0.5, 0.6) is 5.75 Å². The molecule has 0 saturated heterocycles. The summed E-state index contributed by atoms with van der Waals surface area (Å²) in [5, 5.41) is 9.76. The fraction of sp³-hybridized carbons (Fsp3) is 0.231. The number of aryl methyl sites for hydroxylation is 2. The van der Waals surface area contributed by atoms with Crippen LogP contribution < -0.4 is 10.3 Å². The average molecular weight is 247 g/mol. The van der Waals surface area contributed by atoms with Crippen molar-refractivity contribution < 1.29 is 14.6 Å². The molecule has 0 unspecified atom stereocenters. The van der Waals surface area contributed by atoms with Crippen molar-refractivity contribution >= 4 is 16.9 Å². The zero-order chi connectivity index (χ0) is 13.4. The summed E-state index contributed by atoms with van der Waals surface area (Å²) in [6.07, 6.45) is 0. The zero-order valence-corrected chi connectivity index (χ0v) is 10.4.